The number of aliphatic hydroxyl groups excluding tert-OH is 4. The van der Waals surface area contributed by atoms with Crippen LogP contribution in [0.5, 0.6) is 5.75 Å². The highest BCUT2D eigenvalue weighted by molar-refractivity contribution is 6.76. The molecule has 11 nitrogen and oxygen atoms in total. The average molecular weight is 545 g/mol. The number of benzene rings is 1. The zero-order chi connectivity index (χ0) is 26.9. The molecule has 0 aliphatic carbocycles. The molecule has 0 amide bonds. The minimum atomic E-state index is -1.47. The van der Waals surface area contributed by atoms with Gasteiger partial charge < -0.3 is 53.6 Å². The number of hydrogen-bond acceptors (Lipinski definition) is 11. The van der Waals surface area contributed by atoms with E-state index in [1.165, 1.54) is 0 Å². The summed E-state index contributed by atoms with van der Waals surface area (Å²) < 4.78 is 40.1. The lowest BCUT2D eigenvalue weighted by Crippen LogP contribution is -2.65. The van der Waals surface area contributed by atoms with E-state index in [9.17, 15) is 20.4 Å². The van der Waals surface area contributed by atoms with E-state index >= 15 is 0 Å². The number of methoxy groups -OCH3 is 1. The van der Waals surface area contributed by atoms with Crippen LogP contribution >= 0.6 is 0 Å². The first-order valence-corrected chi connectivity index (χ1v) is 16.4. The summed E-state index contributed by atoms with van der Waals surface area (Å²) in [6.45, 7) is 8.82. The van der Waals surface area contributed by atoms with E-state index < -0.39 is 75.8 Å². The number of hydrogen-bond donors (Lipinski definition) is 4. The van der Waals surface area contributed by atoms with Gasteiger partial charge in [-0.3, -0.25) is 0 Å². The first-order valence-electron chi connectivity index (χ1n) is 12.7. The highest BCUT2D eigenvalue weighted by atomic mass is 28.3. The molecule has 4 N–H and O–H groups in total. The summed E-state index contributed by atoms with van der Waals surface area (Å²) in [5.74, 6) is 0.687. The van der Waals surface area contributed by atoms with Crippen LogP contribution in [0.2, 0.25) is 25.7 Å². The van der Waals surface area contributed by atoms with Gasteiger partial charge in [0.25, 0.3) is 0 Å². The van der Waals surface area contributed by atoms with E-state index in [1.807, 2.05) is 0 Å². The van der Waals surface area contributed by atoms with E-state index in [2.05, 4.69) is 19.6 Å². The molecule has 3 heterocycles. The van der Waals surface area contributed by atoms with Crippen LogP contribution in [0.4, 0.5) is 0 Å². The molecule has 0 spiro atoms. The van der Waals surface area contributed by atoms with Crippen molar-refractivity contribution in [3.8, 4) is 5.75 Å². The normalized spacial score (nSPS) is 40.7. The van der Waals surface area contributed by atoms with E-state index in [1.54, 1.807) is 38.3 Å². The van der Waals surface area contributed by atoms with Crippen molar-refractivity contribution in [2.75, 3.05) is 20.3 Å². The summed E-state index contributed by atoms with van der Waals surface area (Å²) in [6, 6.07) is 8.02. The highest BCUT2D eigenvalue weighted by Gasteiger charge is 2.52. The first-order chi connectivity index (χ1) is 17.5. The van der Waals surface area contributed by atoms with Gasteiger partial charge in [-0.1, -0.05) is 31.8 Å². The highest BCUT2D eigenvalue weighted by Crippen LogP contribution is 2.36. The SMILES string of the molecule is COc1ccc([C@H]2OC[C@H]3O[C@@H](O[C@H]4[C@H](O)[C@@H](O)[C@H](OCC[Si](C)(C)C)O[C@@H]4C)[C@H](O)[C@@H](O)[C@H]3O2)cc1. The molecule has 0 aromatic heterocycles. The van der Waals surface area contributed by atoms with Gasteiger partial charge in [0, 0.05) is 20.2 Å². The Hall–Kier alpha value is -1.16. The lowest BCUT2D eigenvalue weighted by atomic mass is 9.96. The van der Waals surface area contributed by atoms with Gasteiger partial charge in [0.1, 0.15) is 48.5 Å². The molecule has 0 radical (unpaired) electrons. The Morgan fingerprint density at radius 2 is 1.57 bits per heavy atom. The Bertz CT molecular complexity index is 863. The summed E-state index contributed by atoms with van der Waals surface area (Å²) in [5, 5.41) is 43.0. The largest absolute Gasteiger partial charge is 0.497 e. The van der Waals surface area contributed by atoms with Crippen LogP contribution in [-0.2, 0) is 28.4 Å². The number of fused-ring (bicyclic) bond motifs is 1. The predicted molar refractivity (Wildman–Crippen MR) is 133 cm³/mol. The fourth-order valence-electron chi connectivity index (χ4n) is 4.59. The van der Waals surface area contributed by atoms with E-state index in [0.29, 0.717) is 12.4 Å². The quantitative estimate of drug-likeness (QED) is 0.344. The maximum absolute atomic E-state index is 10.8. The molecule has 4 rings (SSSR count). The Morgan fingerprint density at radius 3 is 2.22 bits per heavy atom. The van der Waals surface area contributed by atoms with Gasteiger partial charge >= 0.3 is 0 Å². The van der Waals surface area contributed by atoms with Crippen LogP contribution in [0.1, 0.15) is 18.8 Å². The average Bonchev–Trinajstić information content (AvgIpc) is 2.86. The van der Waals surface area contributed by atoms with E-state index in [-0.39, 0.29) is 6.61 Å². The molecule has 210 valence electrons. The zero-order valence-electron chi connectivity index (χ0n) is 21.9. The Kier molecular flexibility index (Phi) is 9.29. The van der Waals surface area contributed by atoms with Crippen molar-refractivity contribution in [3.63, 3.8) is 0 Å². The molecule has 37 heavy (non-hydrogen) atoms. The van der Waals surface area contributed by atoms with E-state index in [0.717, 1.165) is 11.6 Å². The van der Waals surface area contributed by atoms with Crippen LogP contribution in [0.3, 0.4) is 0 Å². The minimum Gasteiger partial charge on any atom is -0.497 e. The van der Waals surface area contributed by atoms with Gasteiger partial charge in [0.2, 0.25) is 0 Å². The third-order valence-corrected chi connectivity index (χ3v) is 8.63. The second-order valence-corrected chi connectivity index (χ2v) is 16.7. The van der Waals surface area contributed by atoms with Crippen LogP contribution in [0.15, 0.2) is 24.3 Å². The van der Waals surface area contributed by atoms with Gasteiger partial charge in [-0.2, -0.15) is 0 Å². The summed E-state index contributed by atoms with van der Waals surface area (Å²) in [4.78, 5) is 0. The molecule has 3 saturated heterocycles. The van der Waals surface area contributed by atoms with Gasteiger partial charge in [0.15, 0.2) is 18.9 Å². The third kappa shape index (κ3) is 6.71. The van der Waals surface area contributed by atoms with Gasteiger partial charge in [-0.05, 0) is 25.1 Å². The van der Waals surface area contributed by atoms with Gasteiger partial charge in [-0.25, -0.2) is 0 Å². The summed E-state index contributed by atoms with van der Waals surface area (Å²) >= 11 is 0. The molecule has 12 heteroatoms. The molecule has 3 aliphatic heterocycles. The summed E-state index contributed by atoms with van der Waals surface area (Å²) in [5.41, 5.74) is 0.728. The van der Waals surface area contributed by atoms with Gasteiger partial charge in [-0.15, -0.1) is 0 Å². The van der Waals surface area contributed by atoms with Crippen molar-refractivity contribution in [3.05, 3.63) is 29.8 Å². The second kappa shape index (κ2) is 11.9. The maximum atomic E-state index is 10.8. The molecular formula is C25H40O11Si. The molecule has 11 atom stereocenters. The molecule has 3 fully saturated rings. The number of rotatable bonds is 8. The van der Waals surface area contributed by atoms with Crippen molar-refractivity contribution in [2.24, 2.45) is 0 Å². The second-order valence-electron chi connectivity index (χ2n) is 11.0. The topological polar surface area (TPSA) is 146 Å². The zero-order valence-corrected chi connectivity index (χ0v) is 22.9. The number of aliphatic hydroxyl groups is 4. The molecule has 0 saturated carbocycles. The van der Waals surface area contributed by atoms with E-state index in [4.69, 9.17) is 33.2 Å². The summed E-state index contributed by atoms with van der Waals surface area (Å²) in [7, 11) is 0.234. The fourth-order valence-corrected chi connectivity index (χ4v) is 5.32. The van der Waals surface area contributed by atoms with Crippen molar-refractivity contribution >= 4 is 8.07 Å². The van der Waals surface area contributed by atoms with Crippen molar-refractivity contribution < 1.29 is 53.6 Å². The predicted octanol–water partition coefficient (Wildman–Crippen LogP) is 0.763. The molecule has 3 aliphatic rings. The Balaban J connectivity index is 1.35. The summed E-state index contributed by atoms with van der Waals surface area (Å²) in [6.07, 6.45) is -11.9. The van der Waals surface area contributed by atoms with Crippen LogP contribution in [-0.4, -0.2) is 110 Å². The molecule has 0 unspecified atom stereocenters. The maximum Gasteiger partial charge on any atom is 0.187 e. The monoisotopic (exact) mass is 544 g/mol. The van der Waals surface area contributed by atoms with Crippen molar-refractivity contribution in [1.29, 1.82) is 0 Å². The standard InChI is InChI=1S/C25H40O11Si/c1-13-21(17(26)19(28)24(33-13)31-10-11-37(3,4)5)35-25-20(29)18(27)22-16(34-25)12-32-23(36-22)14-6-8-15(30-2)9-7-14/h6-9,13,16-29H,10-12H2,1-5H3/t13-,16-,17-,18-,19-,20-,21-,22+,23+,24-,25+/m1/s1. The lowest BCUT2D eigenvalue weighted by molar-refractivity contribution is -0.383. The minimum absolute atomic E-state index is 0.0832. The van der Waals surface area contributed by atoms with Gasteiger partial charge in [0.05, 0.1) is 19.8 Å². The third-order valence-electron chi connectivity index (χ3n) is 6.92. The molecule has 1 aromatic carbocycles. The Labute approximate surface area is 218 Å². The van der Waals surface area contributed by atoms with Crippen LogP contribution < -0.4 is 4.74 Å². The molecule has 0 bridgehead atoms. The smallest absolute Gasteiger partial charge is 0.187 e. The lowest BCUT2D eigenvalue weighted by Gasteiger charge is -2.48. The Morgan fingerprint density at radius 1 is 0.892 bits per heavy atom. The molecule has 1 aromatic rings. The fraction of sp³-hybridized carbons (Fsp3) is 0.760. The first kappa shape index (κ1) is 28.8. The van der Waals surface area contributed by atoms with Crippen molar-refractivity contribution in [1.82, 2.24) is 0 Å². The van der Waals surface area contributed by atoms with Crippen molar-refractivity contribution in [2.45, 2.75) is 100 Å². The van der Waals surface area contributed by atoms with Crippen LogP contribution in [0.25, 0.3) is 0 Å². The molecular weight excluding hydrogens is 504 g/mol. The van der Waals surface area contributed by atoms with Crippen LogP contribution in [0, 0.1) is 0 Å². The number of ether oxygens (including phenoxy) is 7.